The van der Waals surface area contributed by atoms with Crippen LogP contribution in [0.4, 0.5) is 0 Å². The van der Waals surface area contributed by atoms with Crippen LogP contribution in [0, 0.1) is 0 Å². The van der Waals surface area contributed by atoms with E-state index in [1.807, 2.05) is 0 Å². The Balaban J connectivity index is 2.09. The van der Waals surface area contributed by atoms with Crippen LogP contribution in [0.5, 0.6) is 0 Å². The molecule has 21 heavy (non-hydrogen) atoms. The van der Waals surface area contributed by atoms with Crippen molar-refractivity contribution in [2.45, 2.75) is 13.0 Å². The third kappa shape index (κ3) is 3.93. The number of carbonyl (C=O) groups excluding carboxylic acids is 2. The van der Waals surface area contributed by atoms with Gasteiger partial charge in [0.2, 0.25) is 5.78 Å². The number of hydrogen-bond donors (Lipinski definition) is 0. The Kier molecular flexibility index (Phi) is 5.15. The van der Waals surface area contributed by atoms with E-state index in [-0.39, 0.29) is 5.78 Å². The molecule has 108 valence electrons. The first-order valence-electron chi connectivity index (χ1n) is 6.24. The van der Waals surface area contributed by atoms with Crippen LogP contribution in [-0.2, 0) is 4.74 Å². The monoisotopic (exact) mass is 366 g/mol. The number of hydrogen-bond acceptors (Lipinski definition) is 3. The van der Waals surface area contributed by atoms with E-state index in [1.165, 1.54) is 0 Å². The summed E-state index contributed by atoms with van der Waals surface area (Å²) in [4.78, 5) is 24.2. The van der Waals surface area contributed by atoms with Gasteiger partial charge in [-0.05, 0) is 59.3 Å². The molecule has 0 aliphatic heterocycles. The van der Waals surface area contributed by atoms with E-state index >= 15 is 0 Å². The second kappa shape index (κ2) is 6.87. The van der Waals surface area contributed by atoms with Crippen LogP contribution in [0.1, 0.15) is 27.6 Å². The smallest absolute Gasteiger partial charge is 0.339 e. The zero-order valence-electron chi connectivity index (χ0n) is 11.2. The molecule has 3 nitrogen and oxygen atoms in total. The van der Waals surface area contributed by atoms with Crippen molar-refractivity contribution in [3.63, 3.8) is 0 Å². The van der Waals surface area contributed by atoms with Crippen molar-refractivity contribution in [2.24, 2.45) is 0 Å². The predicted octanol–water partition coefficient (Wildman–Crippen LogP) is 4.53. The molecule has 0 N–H and O–H groups in total. The van der Waals surface area contributed by atoms with Crippen LogP contribution in [0.15, 0.2) is 53.0 Å². The lowest BCUT2D eigenvalue weighted by Gasteiger charge is -2.13. The van der Waals surface area contributed by atoms with E-state index in [9.17, 15) is 9.59 Å². The molecule has 0 saturated heterocycles. The Bertz CT molecular complexity index is 667. The Morgan fingerprint density at radius 3 is 2.33 bits per heavy atom. The molecule has 0 fully saturated rings. The van der Waals surface area contributed by atoms with Gasteiger partial charge in [0.25, 0.3) is 0 Å². The maximum atomic E-state index is 12.2. The van der Waals surface area contributed by atoms with Gasteiger partial charge in [-0.3, -0.25) is 4.79 Å². The van der Waals surface area contributed by atoms with Gasteiger partial charge < -0.3 is 4.74 Å². The summed E-state index contributed by atoms with van der Waals surface area (Å²) in [5.74, 6) is -0.815. The molecule has 2 rings (SSSR count). The highest BCUT2D eigenvalue weighted by Crippen LogP contribution is 2.18. The number of Topliss-reactive ketones (excluding diaryl/α,β-unsaturated/α-hetero) is 1. The summed E-state index contributed by atoms with van der Waals surface area (Å²) in [6, 6.07) is 13.3. The van der Waals surface area contributed by atoms with Gasteiger partial charge >= 0.3 is 5.97 Å². The van der Waals surface area contributed by atoms with Crippen LogP contribution in [-0.4, -0.2) is 17.9 Å². The normalized spacial score (nSPS) is 11.8. The summed E-state index contributed by atoms with van der Waals surface area (Å²) in [7, 11) is 0. The molecule has 0 bridgehead atoms. The number of halogens is 2. The third-order valence-electron chi connectivity index (χ3n) is 2.88. The third-order valence-corrected chi connectivity index (χ3v) is 3.82. The van der Waals surface area contributed by atoms with Crippen LogP contribution >= 0.6 is 27.5 Å². The molecule has 2 aromatic carbocycles. The zero-order valence-corrected chi connectivity index (χ0v) is 13.5. The second-order valence-electron chi connectivity index (χ2n) is 4.40. The lowest BCUT2D eigenvalue weighted by atomic mass is 10.1. The maximum absolute atomic E-state index is 12.2. The minimum absolute atomic E-state index is 0.271. The lowest BCUT2D eigenvalue weighted by molar-refractivity contribution is 0.0318. The molecule has 0 radical (unpaired) electrons. The largest absolute Gasteiger partial charge is 0.451 e. The first-order valence-corrected chi connectivity index (χ1v) is 7.41. The van der Waals surface area contributed by atoms with Crippen molar-refractivity contribution in [1.29, 1.82) is 0 Å². The first kappa shape index (κ1) is 15.7. The maximum Gasteiger partial charge on any atom is 0.339 e. The fraction of sp³-hybridized carbons (Fsp3) is 0.125. The number of esters is 1. The van der Waals surface area contributed by atoms with Gasteiger partial charge in [-0.15, -0.1) is 0 Å². The van der Waals surface area contributed by atoms with E-state index in [2.05, 4.69) is 15.9 Å². The summed E-state index contributed by atoms with van der Waals surface area (Å²) in [5, 5.41) is 0.546. The van der Waals surface area contributed by atoms with Gasteiger partial charge in [-0.25, -0.2) is 4.79 Å². The number of ketones is 1. The molecule has 0 aliphatic carbocycles. The topological polar surface area (TPSA) is 43.4 Å². The van der Waals surface area contributed by atoms with Crippen molar-refractivity contribution < 1.29 is 14.3 Å². The number of carbonyl (C=O) groups is 2. The highest BCUT2D eigenvalue weighted by atomic mass is 79.9. The molecule has 1 unspecified atom stereocenters. The van der Waals surface area contributed by atoms with Crippen molar-refractivity contribution >= 4 is 39.3 Å². The molecule has 2 aromatic rings. The summed E-state index contributed by atoms with van der Waals surface area (Å²) < 4.78 is 5.84. The second-order valence-corrected chi connectivity index (χ2v) is 5.69. The Morgan fingerprint density at radius 1 is 1.10 bits per heavy atom. The molecule has 0 amide bonds. The zero-order chi connectivity index (χ0) is 15.4. The molecular weight excluding hydrogens is 356 g/mol. The predicted molar refractivity (Wildman–Crippen MR) is 84.8 cm³/mol. The average Bonchev–Trinajstić information content (AvgIpc) is 2.47. The minimum atomic E-state index is -0.870. The van der Waals surface area contributed by atoms with Crippen molar-refractivity contribution in [3.05, 3.63) is 69.2 Å². The van der Waals surface area contributed by atoms with Crippen LogP contribution in [0.2, 0.25) is 5.02 Å². The first-order chi connectivity index (χ1) is 9.99. The summed E-state index contributed by atoms with van der Waals surface area (Å²) in [6.07, 6.45) is -0.870. The van der Waals surface area contributed by atoms with Crippen LogP contribution < -0.4 is 0 Å². The van der Waals surface area contributed by atoms with E-state index in [1.54, 1.807) is 55.5 Å². The van der Waals surface area contributed by atoms with Gasteiger partial charge in [0.15, 0.2) is 6.10 Å². The Hall–Kier alpha value is -1.65. The Labute approximate surface area is 136 Å². The van der Waals surface area contributed by atoms with Crippen molar-refractivity contribution in [1.82, 2.24) is 0 Å². The van der Waals surface area contributed by atoms with E-state index < -0.39 is 12.1 Å². The van der Waals surface area contributed by atoms with E-state index in [0.717, 1.165) is 0 Å². The quantitative estimate of drug-likeness (QED) is 0.589. The lowest BCUT2D eigenvalue weighted by Crippen LogP contribution is -2.24. The average molecular weight is 368 g/mol. The van der Waals surface area contributed by atoms with Gasteiger partial charge in [-0.2, -0.15) is 0 Å². The summed E-state index contributed by atoms with van der Waals surface area (Å²) >= 11 is 9.05. The van der Waals surface area contributed by atoms with Gasteiger partial charge in [0.05, 0.1) is 5.56 Å². The number of rotatable bonds is 4. The molecule has 0 saturated carbocycles. The molecule has 5 heteroatoms. The fourth-order valence-corrected chi connectivity index (χ4v) is 2.33. The SMILES string of the molecule is CC(OC(=O)c1ccccc1Br)C(=O)c1ccc(Cl)cc1. The van der Waals surface area contributed by atoms with E-state index in [0.29, 0.717) is 20.6 Å². The molecule has 1 atom stereocenters. The fourth-order valence-electron chi connectivity index (χ4n) is 1.75. The van der Waals surface area contributed by atoms with E-state index in [4.69, 9.17) is 16.3 Å². The highest BCUT2D eigenvalue weighted by molar-refractivity contribution is 9.10. The summed E-state index contributed by atoms with van der Waals surface area (Å²) in [5.41, 5.74) is 0.833. The number of ether oxygens (including phenoxy) is 1. The standard InChI is InChI=1S/C16H12BrClO3/c1-10(15(19)11-6-8-12(18)9-7-11)21-16(20)13-4-2-3-5-14(13)17/h2-10H,1H3. The Morgan fingerprint density at radius 2 is 1.71 bits per heavy atom. The molecule has 0 spiro atoms. The molecule has 0 aromatic heterocycles. The molecular formula is C16H12BrClO3. The number of benzene rings is 2. The highest BCUT2D eigenvalue weighted by Gasteiger charge is 2.21. The van der Waals surface area contributed by atoms with Gasteiger partial charge in [0, 0.05) is 15.1 Å². The molecule has 0 aliphatic rings. The summed E-state index contributed by atoms with van der Waals surface area (Å²) in [6.45, 7) is 1.55. The van der Waals surface area contributed by atoms with Crippen LogP contribution in [0.3, 0.4) is 0 Å². The minimum Gasteiger partial charge on any atom is -0.451 e. The van der Waals surface area contributed by atoms with Crippen molar-refractivity contribution in [2.75, 3.05) is 0 Å². The van der Waals surface area contributed by atoms with Gasteiger partial charge in [-0.1, -0.05) is 23.7 Å². The molecule has 0 heterocycles. The van der Waals surface area contributed by atoms with Crippen molar-refractivity contribution in [3.8, 4) is 0 Å². The van der Waals surface area contributed by atoms with Gasteiger partial charge in [0.1, 0.15) is 0 Å². The van der Waals surface area contributed by atoms with Crippen LogP contribution in [0.25, 0.3) is 0 Å².